The Labute approximate surface area is 109 Å². The Balaban J connectivity index is 2.85. The van der Waals surface area contributed by atoms with Crippen LogP contribution in [0.2, 0.25) is 0 Å². The topological polar surface area (TPSA) is 26.3 Å². The molecule has 0 aliphatic carbocycles. The van der Waals surface area contributed by atoms with Crippen LogP contribution in [0.1, 0.15) is 24.2 Å². The zero-order valence-electron chi connectivity index (χ0n) is 9.30. The highest BCUT2D eigenvalue weighted by Gasteiger charge is 2.10. The molecule has 0 saturated heterocycles. The number of Topliss-reactive ketones (excluding diaryl/α,β-unsaturated/α-hetero) is 1. The molecule has 88 valence electrons. The zero-order chi connectivity index (χ0) is 12.1. The van der Waals surface area contributed by atoms with Crippen LogP contribution < -0.4 is 4.74 Å². The lowest BCUT2D eigenvalue weighted by atomic mass is 10.1. The smallest absolute Gasteiger partial charge is 0.178 e. The first kappa shape index (κ1) is 13.5. The molecule has 0 radical (unpaired) electrons. The Kier molecular flexibility index (Phi) is 5.29. The molecule has 1 aromatic carbocycles. The van der Waals surface area contributed by atoms with Gasteiger partial charge in [0.05, 0.1) is 12.5 Å². The average Bonchev–Trinajstić information content (AvgIpc) is 2.27. The van der Waals surface area contributed by atoms with E-state index >= 15 is 0 Å². The number of carbonyl (C=O) groups is 1. The van der Waals surface area contributed by atoms with Crippen molar-refractivity contribution in [2.24, 2.45) is 5.92 Å². The van der Waals surface area contributed by atoms with Gasteiger partial charge in [-0.3, -0.25) is 4.79 Å². The molecule has 0 aromatic heterocycles. The van der Waals surface area contributed by atoms with Crippen molar-refractivity contribution in [3.8, 4) is 5.75 Å². The van der Waals surface area contributed by atoms with Gasteiger partial charge >= 0.3 is 0 Å². The van der Waals surface area contributed by atoms with Crippen LogP contribution in [0.25, 0.3) is 0 Å². The molecule has 1 rings (SSSR count). The van der Waals surface area contributed by atoms with Gasteiger partial charge in [0.15, 0.2) is 5.78 Å². The van der Waals surface area contributed by atoms with Gasteiger partial charge in [-0.25, -0.2) is 0 Å². The minimum Gasteiger partial charge on any atom is -0.493 e. The van der Waals surface area contributed by atoms with Crippen molar-refractivity contribution in [1.29, 1.82) is 0 Å². The van der Waals surface area contributed by atoms with Crippen LogP contribution in [0.3, 0.4) is 0 Å². The molecule has 0 saturated carbocycles. The summed E-state index contributed by atoms with van der Waals surface area (Å²) in [5.74, 6) is 1.02. The number of ether oxygens (including phenoxy) is 1. The molecule has 0 N–H and O–H groups in total. The van der Waals surface area contributed by atoms with Crippen LogP contribution in [0, 0.1) is 5.92 Å². The van der Waals surface area contributed by atoms with E-state index in [9.17, 15) is 4.79 Å². The summed E-state index contributed by atoms with van der Waals surface area (Å²) in [5, 5.41) is 0. The molecule has 0 unspecified atom stereocenters. The zero-order valence-corrected chi connectivity index (χ0v) is 11.6. The normalized spacial score (nSPS) is 10.6. The highest BCUT2D eigenvalue weighted by molar-refractivity contribution is 9.10. The molecule has 0 bridgehead atoms. The van der Waals surface area contributed by atoms with Crippen molar-refractivity contribution < 1.29 is 9.53 Å². The highest BCUT2D eigenvalue weighted by Crippen LogP contribution is 2.23. The predicted molar refractivity (Wildman–Crippen MR) is 69.5 cm³/mol. The quantitative estimate of drug-likeness (QED) is 0.609. The van der Waals surface area contributed by atoms with Gasteiger partial charge in [0.25, 0.3) is 0 Å². The van der Waals surface area contributed by atoms with Gasteiger partial charge in [0.2, 0.25) is 0 Å². The van der Waals surface area contributed by atoms with Crippen LogP contribution in [0.15, 0.2) is 22.7 Å². The van der Waals surface area contributed by atoms with Crippen molar-refractivity contribution in [1.82, 2.24) is 0 Å². The molecule has 0 aliphatic rings. The summed E-state index contributed by atoms with van der Waals surface area (Å²) in [6.07, 6.45) is 0. The lowest BCUT2D eigenvalue weighted by molar-refractivity contribution is 0.102. The largest absolute Gasteiger partial charge is 0.493 e. The summed E-state index contributed by atoms with van der Waals surface area (Å²) in [5.41, 5.74) is 0.566. The molecule has 0 fully saturated rings. The molecule has 16 heavy (non-hydrogen) atoms. The van der Waals surface area contributed by atoms with E-state index in [1.807, 2.05) is 6.07 Å². The minimum absolute atomic E-state index is 0.0216. The van der Waals surface area contributed by atoms with E-state index in [1.165, 1.54) is 0 Å². The summed E-state index contributed by atoms with van der Waals surface area (Å²) < 4.78 is 6.29. The van der Waals surface area contributed by atoms with Gasteiger partial charge < -0.3 is 4.74 Å². The third-order valence-corrected chi connectivity index (χ3v) is 2.88. The fraction of sp³-hybridized carbons (Fsp3) is 0.417. The third kappa shape index (κ3) is 3.80. The maximum Gasteiger partial charge on any atom is 0.178 e. The molecule has 0 atom stereocenters. The standard InChI is InChI=1S/C12H14BrClO2/c1-8(2)7-16-9-3-4-11(13)10(5-9)12(15)6-14/h3-5,8H,6-7H2,1-2H3. The Morgan fingerprint density at radius 2 is 2.19 bits per heavy atom. The van der Waals surface area contributed by atoms with Crippen molar-refractivity contribution in [2.75, 3.05) is 12.5 Å². The number of ketones is 1. The van der Waals surface area contributed by atoms with E-state index in [0.29, 0.717) is 23.8 Å². The van der Waals surface area contributed by atoms with Crippen molar-refractivity contribution >= 4 is 33.3 Å². The van der Waals surface area contributed by atoms with Crippen LogP contribution in [0.4, 0.5) is 0 Å². The molecule has 2 nitrogen and oxygen atoms in total. The van der Waals surface area contributed by atoms with Gasteiger partial charge in [0, 0.05) is 10.0 Å². The first-order valence-corrected chi connectivity index (χ1v) is 6.39. The molecule has 1 aromatic rings. The summed E-state index contributed by atoms with van der Waals surface area (Å²) in [6, 6.07) is 5.35. The number of benzene rings is 1. The summed E-state index contributed by atoms with van der Waals surface area (Å²) >= 11 is 8.84. The fourth-order valence-electron chi connectivity index (χ4n) is 1.14. The summed E-state index contributed by atoms with van der Waals surface area (Å²) in [7, 11) is 0. The van der Waals surface area contributed by atoms with E-state index in [1.54, 1.807) is 12.1 Å². The van der Waals surface area contributed by atoms with Gasteiger partial charge in [0.1, 0.15) is 5.75 Å². The Morgan fingerprint density at radius 3 is 2.75 bits per heavy atom. The minimum atomic E-state index is -0.108. The number of hydrogen-bond acceptors (Lipinski definition) is 2. The second kappa shape index (κ2) is 6.26. The fourth-order valence-corrected chi connectivity index (χ4v) is 1.75. The van der Waals surface area contributed by atoms with Gasteiger partial charge in [-0.05, 0) is 24.1 Å². The van der Waals surface area contributed by atoms with E-state index in [-0.39, 0.29) is 11.7 Å². The molecule has 0 heterocycles. The number of hydrogen-bond donors (Lipinski definition) is 0. The van der Waals surface area contributed by atoms with Crippen molar-refractivity contribution in [3.63, 3.8) is 0 Å². The molecule has 4 heteroatoms. The Morgan fingerprint density at radius 1 is 1.50 bits per heavy atom. The number of carbonyl (C=O) groups excluding carboxylic acids is 1. The predicted octanol–water partition coefficient (Wildman–Crippen LogP) is 3.91. The first-order valence-electron chi connectivity index (χ1n) is 5.06. The van der Waals surface area contributed by atoms with Crippen LogP contribution in [-0.4, -0.2) is 18.3 Å². The lowest BCUT2D eigenvalue weighted by Gasteiger charge is -2.10. The maximum atomic E-state index is 11.5. The number of halogens is 2. The monoisotopic (exact) mass is 304 g/mol. The first-order chi connectivity index (χ1) is 7.54. The van der Waals surface area contributed by atoms with E-state index < -0.39 is 0 Å². The van der Waals surface area contributed by atoms with Gasteiger partial charge in [-0.15, -0.1) is 11.6 Å². The second-order valence-corrected chi connectivity index (χ2v) is 5.02. The Bertz CT molecular complexity index is 377. The number of alkyl halides is 1. The van der Waals surface area contributed by atoms with E-state index in [4.69, 9.17) is 16.3 Å². The molecule has 0 amide bonds. The average molecular weight is 306 g/mol. The van der Waals surface area contributed by atoms with Gasteiger partial charge in [-0.1, -0.05) is 29.8 Å². The van der Waals surface area contributed by atoms with E-state index in [2.05, 4.69) is 29.8 Å². The van der Waals surface area contributed by atoms with Crippen LogP contribution in [0.5, 0.6) is 5.75 Å². The third-order valence-electron chi connectivity index (χ3n) is 1.94. The van der Waals surface area contributed by atoms with E-state index in [0.717, 1.165) is 4.47 Å². The van der Waals surface area contributed by atoms with Crippen LogP contribution in [-0.2, 0) is 0 Å². The molecular weight excluding hydrogens is 291 g/mol. The summed E-state index contributed by atoms with van der Waals surface area (Å²) in [4.78, 5) is 11.5. The molecule has 0 spiro atoms. The summed E-state index contributed by atoms with van der Waals surface area (Å²) in [6.45, 7) is 4.78. The van der Waals surface area contributed by atoms with Crippen molar-refractivity contribution in [3.05, 3.63) is 28.2 Å². The Hall–Kier alpha value is -0.540. The van der Waals surface area contributed by atoms with Gasteiger partial charge in [-0.2, -0.15) is 0 Å². The van der Waals surface area contributed by atoms with Crippen molar-refractivity contribution in [2.45, 2.75) is 13.8 Å². The molecule has 0 aliphatic heterocycles. The lowest BCUT2D eigenvalue weighted by Crippen LogP contribution is -2.06. The maximum absolute atomic E-state index is 11.5. The highest BCUT2D eigenvalue weighted by atomic mass is 79.9. The van der Waals surface area contributed by atoms with Crippen LogP contribution >= 0.6 is 27.5 Å². The SMILES string of the molecule is CC(C)COc1ccc(Br)c(C(=O)CCl)c1. The molecular formula is C12H14BrClO2. The second-order valence-electron chi connectivity index (χ2n) is 3.90. The number of rotatable bonds is 5.